The third-order valence-electron chi connectivity index (χ3n) is 3.86. The van der Waals surface area contributed by atoms with E-state index in [4.69, 9.17) is 19.9 Å². The highest BCUT2D eigenvalue weighted by atomic mass is 16.5. The minimum atomic E-state index is -0.562. The van der Waals surface area contributed by atoms with E-state index in [9.17, 15) is 4.79 Å². The molecule has 0 saturated heterocycles. The van der Waals surface area contributed by atoms with Crippen LogP contribution >= 0.6 is 0 Å². The number of hydrogen-bond acceptors (Lipinski definition) is 9. The fourth-order valence-electron chi connectivity index (χ4n) is 2.48. The normalized spacial score (nSPS) is 10.6. The monoisotopic (exact) mass is 407 g/mol. The van der Waals surface area contributed by atoms with E-state index in [2.05, 4.69) is 20.3 Å². The average molecular weight is 407 g/mol. The van der Waals surface area contributed by atoms with E-state index >= 15 is 0 Å². The van der Waals surface area contributed by atoms with Crippen molar-refractivity contribution in [2.75, 3.05) is 25.3 Å². The summed E-state index contributed by atoms with van der Waals surface area (Å²) in [5.74, 6) is 1.18. The molecule has 0 bridgehead atoms. The van der Waals surface area contributed by atoms with Gasteiger partial charge in [0.25, 0.3) is 0 Å². The van der Waals surface area contributed by atoms with Crippen LogP contribution in [-0.2, 0) is 16.1 Å². The Balaban J connectivity index is 1.62. The molecule has 30 heavy (non-hydrogen) atoms. The molecule has 0 saturated carbocycles. The molecule has 0 amide bonds. The summed E-state index contributed by atoms with van der Waals surface area (Å²) in [5, 5.41) is 3.02. The highest BCUT2D eigenvalue weighted by Crippen LogP contribution is 2.23. The number of rotatable bonds is 8. The summed E-state index contributed by atoms with van der Waals surface area (Å²) < 4.78 is 15.6. The smallest absolute Gasteiger partial charge is 0.331 e. The molecule has 1 aromatic heterocycles. The van der Waals surface area contributed by atoms with Gasteiger partial charge in [0.05, 0.1) is 14.2 Å². The van der Waals surface area contributed by atoms with Crippen molar-refractivity contribution < 1.29 is 19.0 Å². The van der Waals surface area contributed by atoms with Gasteiger partial charge in [-0.2, -0.15) is 15.0 Å². The maximum absolute atomic E-state index is 12.1. The summed E-state index contributed by atoms with van der Waals surface area (Å²) in [7, 11) is 3.11. The van der Waals surface area contributed by atoms with Crippen molar-refractivity contribution in [2.24, 2.45) is 0 Å². The lowest BCUT2D eigenvalue weighted by Crippen LogP contribution is -2.10. The van der Waals surface area contributed by atoms with E-state index in [1.807, 2.05) is 30.3 Å². The van der Waals surface area contributed by atoms with Gasteiger partial charge in [-0.25, -0.2) is 4.79 Å². The zero-order chi connectivity index (χ0) is 21.3. The van der Waals surface area contributed by atoms with Crippen LogP contribution in [0.2, 0.25) is 0 Å². The van der Waals surface area contributed by atoms with Crippen molar-refractivity contribution in [3.63, 3.8) is 0 Å². The van der Waals surface area contributed by atoms with Crippen LogP contribution in [0.15, 0.2) is 54.6 Å². The van der Waals surface area contributed by atoms with Crippen LogP contribution in [0.25, 0.3) is 6.08 Å². The van der Waals surface area contributed by atoms with Gasteiger partial charge in [0, 0.05) is 17.8 Å². The second-order valence-electron chi connectivity index (χ2n) is 6.01. The first-order valence-electron chi connectivity index (χ1n) is 8.96. The molecular weight excluding hydrogens is 386 g/mol. The van der Waals surface area contributed by atoms with Crippen LogP contribution in [0.1, 0.15) is 11.4 Å². The summed E-state index contributed by atoms with van der Waals surface area (Å²) in [6.45, 7) is -0.152. The van der Waals surface area contributed by atoms with Crippen LogP contribution in [0.5, 0.6) is 11.5 Å². The topological polar surface area (TPSA) is 121 Å². The zero-order valence-electron chi connectivity index (χ0n) is 16.5. The molecule has 2 aromatic carbocycles. The zero-order valence-corrected chi connectivity index (χ0v) is 16.5. The van der Waals surface area contributed by atoms with E-state index in [0.29, 0.717) is 11.5 Å². The fourth-order valence-corrected chi connectivity index (χ4v) is 2.48. The van der Waals surface area contributed by atoms with Crippen LogP contribution in [0.4, 0.5) is 17.6 Å². The van der Waals surface area contributed by atoms with Gasteiger partial charge in [0.2, 0.25) is 11.9 Å². The molecule has 0 aliphatic rings. The van der Waals surface area contributed by atoms with Crippen molar-refractivity contribution >= 4 is 29.6 Å². The van der Waals surface area contributed by atoms with Gasteiger partial charge in [-0.3, -0.25) is 0 Å². The Morgan fingerprint density at radius 3 is 2.40 bits per heavy atom. The molecule has 0 fully saturated rings. The number of aromatic nitrogens is 3. The molecule has 1 heterocycles. The van der Waals surface area contributed by atoms with E-state index in [1.54, 1.807) is 38.5 Å². The van der Waals surface area contributed by atoms with Gasteiger partial charge >= 0.3 is 5.97 Å². The standard InChI is InChI=1S/C21H21N5O4/c1-28-16-10-14(11-17(12-16)29-2)8-9-19(27)30-13-18-24-20(22)26-21(25-18)23-15-6-4-3-5-7-15/h3-12H,13H2,1-2H3,(H3,22,23,24,25,26)/b9-8+. The van der Waals surface area contributed by atoms with Gasteiger partial charge in [-0.15, -0.1) is 0 Å². The van der Waals surface area contributed by atoms with E-state index in [1.165, 1.54) is 6.08 Å². The van der Waals surface area contributed by atoms with Crippen molar-refractivity contribution in [1.29, 1.82) is 0 Å². The lowest BCUT2D eigenvalue weighted by atomic mass is 10.2. The van der Waals surface area contributed by atoms with Crippen molar-refractivity contribution in [1.82, 2.24) is 15.0 Å². The number of nitrogens with one attached hydrogen (secondary N) is 1. The minimum absolute atomic E-state index is 0.0218. The lowest BCUT2D eigenvalue weighted by Gasteiger charge is -2.07. The number of nitrogen functional groups attached to an aromatic ring is 1. The molecule has 0 atom stereocenters. The summed E-state index contributed by atoms with van der Waals surface area (Å²) in [4.78, 5) is 24.3. The van der Waals surface area contributed by atoms with E-state index in [0.717, 1.165) is 11.3 Å². The molecule has 0 spiro atoms. The highest BCUT2D eigenvalue weighted by Gasteiger charge is 2.08. The van der Waals surface area contributed by atoms with Gasteiger partial charge in [0.15, 0.2) is 12.4 Å². The van der Waals surface area contributed by atoms with Crippen LogP contribution < -0.4 is 20.5 Å². The molecular formula is C21H21N5O4. The number of nitrogens with two attached hydrogens (primary N) is 1. The number of ether oxygens (including phenoxy) is 3. The molecule has 0 aliphatic heterocycles. The number of carbonyl (C=O) groups excluding carboxylic acids is 1. The maximum Gasteiger partial charge on any atom is 0.331 e. The highest BCUT2D eigenvalue weighted by molar-refractivity contribution is 5.87. The summed E-state index contributed by atoms with van der Waals surface area (Å²) >= 11 is 0. The first-order valence-corrected chi connectivity index (χ1v) is 8.96. The molecule has 0 radical (unpaired) electrons. The lowest BCUT2D eigenvalue weighted by molar-refractivity contribution is -0.139. The summed E-state index contributed by atoms with van der Waals surface area (Å²) in [5.41, 5.74) is 7.25. The van der Waals surface area contributed by atoms with Crippen LogP contribution in [0, 0.1) is 0 Å². The number of methoxy groups -OCH3 is 2. The Kier molecular flexibility index (Phi) is 6.78. The number of para-hydroxylation sites is 1. The SMILES string of the molecule is COc1cc(/C=C/C(=O)OCc2nc(N)nc(Nc3ccccc3)n2)cc(OC)c1. The Bertz CT molecular complexity index is 1020. The quantitative estimate of drug-likeness (QED) is 0.429. The van der Waals surface area contributed by atoms with Crippen LogP contribution in [0.3, 0.4) is 0 Å². The Morgan fingerprint density at radius 1 is 1.03 bits per heavy atom. The maximum atomic E-state index is 12.1. The molecule has 3 rings (SSSR count). The third kappa shape index (κ3) is 5.93. The van der Waals surface area contributed by atoms with Crippen LogP contribution in [-0.4, -0.2) is 35.1 Å². The molecule has 0 unspecified atom stereocenters. The predicted molar refractivity (Wildman–Crippen MR) is 112 cm³/mol. The van der Waals surface area contributed by atoms with E-state index < -0.39 is 5.97 Å². The summed E-state index contributed by atoms with van der Waals surface area (Å²) in [6.07, 6.45) is 2.89. The van der Waals surface area contributed by atoms with Gasteiger partial charge in [-0.1, -0.05) is 18.2 Å². The first kappa shape index (κ1) is 20.6. The second kappa shape index (κ2) is 9.87. The number of nitrogens with zero attached hydrogens (tertiary/aromatic N) is 3. The fraction of sp³-hybridized carbons (Fsp3) is 0.143. The molecule has 3 N–H and O–H groups in total. The second-order valence-corrected chi connectivity index (χ2v) is 6.01. The number of esters is 1. The van der Waals surface area contributed by atoms with Gasteiger partial charge < -0.3 is 25.3 Å². The summed E-state index contributed by atoms with van der Waals surface area (Å²) in [6, 6.07) is 14.6. The third-order valence-corrected chi connectivity index (χ3v) is 3.86. The number of benzene rings is 2. The number of carbonyl (C=O) groups is 1. The Labute approximate surface area is 173 Å². The van der Waals surface area contributed by atoms with Crippen molar-refractivity contribution in [3.8, 4) is 11.5 Å². The van der Waals surface area contributed by atoms with Gasteiger partial charge in [-0.05, 0) is 35.9 Å². The Morgan fingerprint density at radius 2 is 1.73 bits per heavy atom. The van der Waals surface area contributed by atoms with Crippen molar-refractivity contribution in [3.05, 3.63) is 66.0 Å². The number of anilines is 3. The largest absolute Gasteiger partial charge is 0.497 e. The minimum Gasteiger partial charge on any atom is -0.497 e. The predicted octanol–water partition coefficient (Wildman–Crippen LogP) is 2.97. The molecule has 154 valence electrons. The molecule has 9 nitrogen and oxygen atoms in total. The average Bonchev–Trinajstić information content (AvgIpc) is 2.76. The first-order chi connectivity index (χ1) is 14.6. The molecule has 9 heteroatoms. The number of hydrogen-bond donors (Lipinski definition) is 2. The molecule has 0 aliphatic carbocycles. The van der Waals surface area contributed by atoms with Gasteiger partial charge in [0.1, 0.15) is 11.5 Å². The van der Waals surface area contributed by atoms with E-state index in [-0.39, 0.29) is 24.3 Å². The van der Waals surface area contributed by atoms with Crippen molar-refractivity contribution in [2.45, 2.75) is 6.61 Å². The Hall–Kier alpha value is -4.14. The molecule has 3 aromatic rings.